The third-order valence-electron chi connectivity index (χ3n) is 2.99. The number of amides is 2. The molecule has 1 rings (SSSR count). The second-order valence-corrected chi connectivity index (χ2v) is 5.74. The van der Waals surface area contributed by atoms with Crippen molar-refractivity contribution in [1.29, 1.82) is 0 Å². The predicted molar refractivity (Wildman–Crippen MR) is 88.2 cm³/mol. The zero-order chi connectivity index (χ0) is 16.3. The van der Waals surface area contributed by atoms with Gasteiger partial charge in [-0.2, -0.15) is 0 Å². The van der Waals surface area contributed by atoms with Crippen molar-refractivity contribution in [3.8, 4) is 0 Å². The molecule has 0 atom stereocenters. The van der Waals surface area contributed by atoms with Crippen molar-refractivity contribution in [2.75, 3.05) is 19.6 Å². The van der Waals surface area contributed by atoms with Crippen LogP contribution >= 0.6 is 0 Å². The minimum atomic E-state index is -0.144. The first-order valence-electron chi connectivity index (χ1n) is 6.82. The third-order valence-corrected chi connectivity index (χ3v) is 2.99. The molecule has 4 nitrogen and oxygen atoms in total. The molecule has 0 unspecified atom stereocenters. The number of hydrogen-bond acceptors (Lipinski definition) is 2. The Hall–Kier alpha value is -2.23. The van der Waals surface area contributed by atoms with E-state index in [0.29, 0.717) is 31.3 Å². The highest BCUT2D eigenvalue weighted by Crippen LogP contribution is 2.28. The van der Waals surface area contributed by atoms with E-state index in [-0.39, 0.29) is 6.03 Å². The van der Waals surface area contributed by atoms with Gasteiger partial charge < -0.3 is 4.90 Å². The molecule has 0 N–H and O–H groups in total. The average Bonchev–Trinajstić information content (AvgIpc) is 2.35. The molecule has 0 aromatic carbocycles. The van der Waals surface area contributed by atoms with Gasteiger partial charge in [0.25, 0.3) is 0 Å². The molecule has 2 amide bonds. The minimum Gasteiger partial charge on any atom is -0.310 e. The Bertz CT molecular complexity index is 436. The summed E-state index contributed by atoms with van der Waals surface area (Å²) in [5.41, 5.74) is 2.75. The highest BCUT2D eigenvalue weighted by Gasteiger charge is 2.35. The molecule has 1 saturated heterocycles. The molecule has 0 spiro atoms. The molecule has 4 heteroatoms. The first-order chi connectivity index (χ1) is 9.65. The lowest BCUT2D eigenvalue weighted by molar-refractivity contribution is 0.128. The third kappa shape index (κ3) is 3.88. The van der Waals surface area contributed by atoms with Crippen LogP contribution in [0.1, 0.15) is 20.8 Å². The van der Waals surface area contributed by atoms with Crippen molar-refractivity contribution in [2.24, 2.45) is 0 Å². The van der Waals surface area contributed by atoms with E-state index in [2.05, 4.69) is 32.9 Å². The van der Waals surface area contributed by atoms with Crippen LogP contribution in [0.2, 0.25) is 0 Å². The monoisotopic (exact) mass is 287 g/mol. The van der Waals surface area contributed by atoms with Gasteiger partial charge in [-0.05, 0) is 20.8 Å². The molecule has 114 valence electrons. The van der Waals surface area contributed by atoms with Gasteiger partial charge in [0.05, 0.1) is 0 Å². The van der Waals surface area contributed by atoms with Gasteiger partial charge in [-0.25, -0.2) is 4.79 Å². The van der Waals surface area contributed by atoms with Crippen LogP contribution in [0.4, 0.5) is 4.79 Å². The lowest BCUT2D eigenvalue weighted by Gasteiger charge is -2.45. The fourth-order valence-electron chi connectivity index (χ4n) is 2.12. The topological polar surface area (TPSA) is 26.8 Å². The van der Waals surface area contributed by atoms with Crippen molar-refractivity contribution in [3.63, 3.8) is 0 Å². The Morgan fingerprint density at radius 3 is 1.33 bits per heavy atom. The Morgan fingerprint density at radius 2 is 1.05 bits per heavy atom. The Morgan fingerprint density at radius 1 is 0.762 bits per heavy atom. The Labute approximate surface area is 128 Å². The van der Waals surface area contributed by atoms with E-state index >= 15 is 0 Å². The molecule has 0 bridgehead atoms. The maximum absolute atomic E-state index is 12.6. The molecule has 1 aliphatic rings. The van der Waals surface area contributed by atoms with Gasteiger partial charge in [0.1, 0.15) is 11.6 Å². The maximum Gasteiger partial charge on any atom is 0.331 e. The maximum atomic E-state index is 12.6. The van der Waals surface area contributed by atoms with Gasteiger partial charge in [0.15, 0.2) is 0 Å². The minimum absolute atomic E-state index is 0.144. The summed E-state index contributed by atoms with van der Waals surface area (Å²) in [4.78, 5) is 17.8. The molecule has 0 saturated carbocycles. The summed E-state index contributed by atoms with van der Waals surface area (Å²) in [6.45, 7) is 26.9. The summed E-state index contributed by atoms with van der Waals surface area (Å²) in [5.74, 6) is 1.21. The zero-order valence-electron chi connectivity index (χ0n) is 13.4. The summed E-state index contributed by atoms with van der Waals surface area (Å²) in [6.07, 6.45) is 0. The van der Waals surface area contributed by atoms with Crippen molar-refractivity contribution < 1.29 is 4.79 Å². The number of carbonyl (C=O) groups excluding carboxylic acids is 1. The average molecular weight is 287 g/mol. The van der Waals surface area contributed by atoms with Crippen LogP contribution in [0, 0.1) is 0 Å². The van der Waals surface area contributed by atoms with Crippen molar-refractivity contribution >= 4 is 6.03 Å². The van der Waals surface area contributed by atoms with Gasteiger partial charge in [-0.1, -0.05) is 49.6 Å². The van der Waals surface area contributed by atoms with E-state index in [1.807, 2.05) is 25.7 Å². The molecule has 0 aliphatic carbocycles. The van der Waals surface area contributed by atoms with E-state index in [4.69, 9.17) is 0 Å². The highest BCUT2D eigenvalue weighted by molar-refractivity contribution is 5.80. The van der Waals surface area contributed by atoms with Crippen LogP contribution in [-0.4, -0.2) is 40.4 Å². The van der Waals surface area contributed by atoms with Crippen molar-refractivity contribution in [3.05, 3.63) is 61.3 Å². The van der Waals surface area contributed by atoms with Crippen LogP contribution in [-0.2, 0) is 0 Å². The first kappa shape index (κ1) is 16.8. The molecule has 0 aromatic rings. The van der Waals surface area contributed by atoms with Gasteiger partial charge >= 0.3 is 6.03 Å². The number of rotatable bonds is 6. The lowest BCUT2D eigenvalue weighted by Crippen LogP contribution is -2.55. The van der Waals surface area contributed by atoms with Crippen LogP contribution in [0.3, 0.4) is 0 Å². The number of nitrogens with zero attached hydrogens (tertiary/aromatic N) is 3. The fraction of sp³-hybridized carbons (Fsp3) is 0.353. The van der Waals surface area contributed by atoms with Crippen molar-refractivity contribution in [1.82, 2.24) is 14.7 Å². The van der Waals surface area contributed by atoms with Crippen LogP contribution in [0.15, 0.2) is 61.3 Å². The Balaban J connectivity index is 3.16. The molecular weight excluding hydrogens is 262 g/mol. The summed E-state index contributed by atoms with van der Waals surface area (Å²) < 4.78 is 0. The molecule has 21 heavy (non-hydrogen) atoms. The smallest absolute Gasteiger partial charge is 0.310 e. The van der Waals surface area contributed by atoms with Crippen molar-refractivity contribution in [2.45, 2.75) is 20.8 Å². The number of urea groups is 1. The normalized spacial score (nSPS) is 15.6. The second-order valence-electron chi connectivity index (χ2n) is 5.74. The van der Waals surface area contributed by atoms with E-state index < -0.39 is 0 Å². The SMILES string of the molecule is C=C(C)CN1C(=C)N(CC(=C)C)C(=O)N(CC(=C)C)C1=C. The summed E-state index contributed by atoms with van der Waals surface area (Å²) in [5, 5.41) is 0. The van der Waals surface area contributed by atoms with Crippen LogP contribution in [0.5, 0.6) is 0 Å². The van der Waals surface area contributed by atoms with Crippen LogP contribution in [0.25, 0.3) is 0 Å². The lowest BCUT2D eigenvalue weighted by atomic mass is 10.2. The summed E-state index contributed by atoms with van der Waals surface area (Å²) >= 11 is 0. The molecule has 0 aromatic heterocycles. The van der Waals surface area contributed by atoms with E-state index in [9.17, 15) is 4.79 Å². The second kappa shape index (κ2) is 6.48. The first-order valence-corrected chi connectivity index (χ1v) is 6.82. The summed E-state index contributed by atoms with van der Waals surface area (Å²) in [6, 6.07) is -0.144. The number of hydrogen-bond donors (Lipinski definition) is 0. The predicted octanol–water partition coefficient (Wildman–Crippen LogP) is 3.70. The summed E-state index contributed by atoms with van der Waals surface area (Å²) in [7, 11) is 0. The van der Waals surface area contributed by atoms with Gasteiger partial charge in [-0.3, -0.25) is 9.80 Å². The van der Waals surface area contributed by atoms with Gasteiger partial charge in [0.2, 0.25) is 0 Å². The molecular formula is C17H25N3O. The van der Waals surface area contributed by atoms with E-state index in [1.165, 1.54) is 0 Å². The molecule has 1 heterocycles. The zero-order valence-corrected chi connectivity index (χ0v) is 13.4. The molecule has 0 radical (unpaired) electrons. The van der Waals surface area contributed by atoms with E-state index in [0.717, 1.165) is 16.7 Å². The van der Waals surface area contributed by atoms with Gasteiger partial charge in [-0.15, -0.1) is 0 Å². The quantitative estimate of drug-likeness (QED) is 0.696. The molecule has 1 aliphatic heterocycles. The van der Waals surface area contributed by atoms with Crippen LogP contribution < -0.4 is 0 Å². The largest absolute Gasteiger partial charge is 0.331 e. The van der Waals surface area contributed by atoms with E-state index in [1.54, 1.807) is 9.80 Å². The highest BCUT2D eigenvalue weighted by atomic mass is 16.2. The molecule has 1 fully saturated rings. The van der Waals surface area contributed by atoms with Gasteiger partial charge in [0, 0.05) is 19.6 Å². The Kier molecular flexibility index (Phi) is 5.19. The number of carbonyl (C=O) groups is 1. The standard InChI is InChI=1S/C17H25N3O/c1-12(2)9-18-15(7)19(10-13(3)4)17(21)20(16(18)8)11-14(5)6/h1,3,5,7-11H2,2,4,6H3. The fourth-order valence-corrected chi connectivity index (χ4v) is 2.12.